The van der Waals surface area contributed by atoms with Crippen molar-refractivity contribution in [1.82, 2.24) is 4.90 Å². The minimum atomic E-state index is -0.0368. The molecule has 0 bridgehead atoms. The lowest BCUT2D eigenvalue weighted by atomic mass is 9.87. The average molecular weight is 356 g/mol. The summed E-state index contributed by atoms with van der Waals surface area (Å²) in [4.78, 5) is 28.4. The maximum Gasteiger partial charge on any atom is 0.263 e. The van der Waals surface area contributed by atoms with Crippen molar-refractivity contribution in [1.29, 1.82) is 0 Å². The number of nitrogens with zero attached hydrogens (tertiary/aromatic N) is 1. The van der Waals surface area contributed by atoms with Gasteiger partial charge < -0.3 is 10.2 Å². The van der Waals surface area contributed by atoms with E-state index in [0.29, 0.717) is 6.42 Å². The van der Waals surface area contributed by atoms with Gasteiger partial charge in [0.25, 0.3) is 5.91 Å². The van der Waals surface area contributed by atoms with Crippen molar-refractivity contribution in [3.05, 3.63) is 50.7 Å². The molecule has 1 heterocycles. The number of aryl methyl sites for hydroxylation is 3. The van der Waals surface area contributed by atoms with Crippen molar-refractivity contribution in [3.8, 4) is 0 Å². The van der Waals surface area contributed by atoms with E-state index >= 15 is 0 Å². The molecule has 1 aromatic carbocycles. The van der Waals surface area contributed by atoms with Crippen molar-refractivity contribution in [3.63, 3.8) is 0 Å². The summed E-state index contributed by atoms with van der Waals surface area (Å²) in [5.41, 5.74) is 4.31. The quantitative estimate of drug-likeness (QED) is 0.909. The van der Waals surface area contributed by atoms with Gasteiger partial charge in [-0.2, -0.15) is 0 Å². The molecule has 3 rings (SSSR count). The fourth-order valence-corrected chi connectivity index (χ4v) is 4.59. The summed E-state index contributed by atoms with van der Waals surface area (Å²) in [5.74, 6) is 0.0724. The zero-order valence-electron chi connectivity index (χ0n) is 15.2. The Labute approximate surface area is 152 Å². The van der Waals surface area contributed by atoms with E-state index in [-0.39, 0.29) is 17.7 Å². The van der Waals surface area contributed by atoms with Crippen LogP contribution in [0.5, 0.6) is 0 Å². The monoisotopic (exact) mass is 356 g/mol. The summed E-state index contributed by atoms with van der Waals surface area (Å²) in [7, 11) is 3.53. The Morgan fingerprint density at radius 3 is 2.44 bits per heavy atom. The van der Waals surface area contributed by atoms with Gasteiger partial charge in [-0.1, -0.05) is 6.07 Å². The lowest BCUT2D eigenvalue weighted by Gasteiger charge is -2.21. The third kappa shape index (κ3) is 3.93. The molecule has 0 saturated carbocycles. The van der Waals surface area contributed by atoms with Gasteiger partial charge in [-0.05, 0) is 68.0 Å². The van der Waals surface area contributed by atoms with Crippen molar-refractivity contribution in [2.24, 2.45) is 5.92 Å². The minimum absolute atomic E-state index is 0.0368. The zero-order valence-corrected chi connectivity index (χ0v) is 16.0. The van der Waals surface area contributed by atoms with E-state index in [0.717, 1.165) is 40.1 Å². The highest BCUT2D eigenvalue weighted by Crippen LogP contribution is 2.33. The van der Waals surface area contributed by atoms with E-state index in [1.165, 1.54) is 4.88 Å². The Hall–Kier alpha value is -2.14. The molecule has 1 aromatic heterocycles. The number of carbonyl (C=O) groups is 2. The number of thiophene rings is 1. The second kappa shape index (κ2) is 7.00. The number of benzene rings is 1. The normalized spacial score (nSPS) is 16.2. The van der Waals surface area contributed by atoms with Crippen molar-refractivity contribution >= 4 is 28.8 Å². The van der Waals surface area contributed by atoms with Crippen LogP contribution in [-0.4, -0.2) is 30.8 Å². The van der Waals surface area contributed by atoms with E-state index in [9.17, 15) is 9.59 Å². The molecule has 0 unspecified atom stereocenters. The molecular formula is C20H24N2O2S. The Balaban J connectivity index is 1.71. The largest absolute Gasteiger partial charge is 0.344 e. The molecule has 5 heteroatoms. The Morgan fingerprint density at radius 1 is 1.12 bits per heavy atom. The number of carbonyl (C=O) groups excluding carboxylic acids is 2. The van der Waals surface area contributed by atoms with Gasteiger partial charge in [0.2, 0.25) is 5.91 Å². The first-order chi connectivity index (χ1) is 11.8. The maximum absolute atomic E-state index is 12.7. The Bertz CT molecular complexity index is 803. The van der Waals surface area contributed by atoms with Crippen LogP contribution in [0.15, 0.2) is 24.3 Å². The van der Waals surface area contributed by atoms with Crippen LogP contribution in [-0.2, 0) is 17.6 Å². The summed E-state index contributed by atoms with van der Waals surface area (Å²) >= 11 is 1.57. The number of fused-ring (bicyclic) bond motifs is 1. The van der Waals surface area contributed by atoms with Crippen molar-refractivity contribution < 1.29 is 9.59 Å². The van der Waals surface area contributed by atoms with Gasteiger partial charge in [0, 0.05) is 30.6 Å². The molecule has 0 aliphatic heterocycles. The first-order valence-corrected chi connectivity index (χ1v) is 9.37. The van der Waals surface area contributed by atoms with Gasteiger partial charge in [-0.15, -0.1) is 11.3 Å². The van der Waals surface area contributed by atoms with Gasteiger partial charge >= 0.3 is 0 Å². The zero-order chi connectivity index (χ0) is 18.1. The molecule has 0 saturated heterocycles. The van der Waals surface area contributed by atoms with Crippen LogP contribution < -0.4 is 5.32 Å². The van der Waals surface area contributed by atoms with Crippen LogP contribution in [0.1, 0.15) is 37.7 Å². The molecule has 0 radical (unpaired) electrons. The molecule has 132 valence electrons. The Kier molecular flexibility index (Phi) is 4.95. The summed E-state index contributed by atoms with van der Waals surface area (Å²) in [5, 5.41) is 3.06. The molecule has 1 N–H and O–H groups in total. The first kappa shape index (κ1) is 17.7. The standard InChI is InChI=1S/C20H24N2O2S/c1-12-7-13(2)9-16(8-12)21-19(23)14-5-6-17-15(10-14)11-18(25-17)20(24)22(3)4/h7-9,11,14H,5-6,10H2,1-4H3,(H,21,23)/t14-/m0/s1. The maximum atomic E-state index is 12.7. The van der Waals surface area contributed by atoms with Gasteiger partial charge in [0.15, 0.2) is 0 Å². The molecule has 1 aliphatic carbocycles. The second-order valence-electron chi connectivity index (χ2n) is 7.06. The third-order valence-electron chi connectivity index (χ3n) is 4.56. The summed E-state index contributed by atoms with van der Waals surface area (Å²) in [6.45, 7) is 4.06. The van der Waals surface area contributed by atoms with Crippen LogP contribution in [0.4, 0.5) is 5.69 Å². The molecule has 0 fully saturated rings. The number of hydrogen-bond acceptors (Lipinski definition) is 3. The van der Waals surface area contributed by atoms with E-state index in [2.05, 4.69) is 11.4 Å². The highest BCUT2D eigenvalue weighted by molar-refractivity contribution is 7.14. The van der Waals surface area contributed by atoms with Gasteiger partial charge in [0.1, 0.15) is 0 Å². The minimum Gasteiger partial charge on any atom is -0.344 e. The number of rotatable bonds is 3. The van der Waals surface area contributed by atoms with Gasteiger partial charge in [-0.25, -0.2) is 0 Å². The van der Waals surface area contributed by atoms with Crippen LogP contribution >= 0.6 is 11.3 Å². The number of amides is 2. The Morgan fingerprint density at radius 2 is 1.80 bits per heavy atom. The SMILES string of the molecule is Cc1cc(C)cc(NC(=O)[C@H]2CCc3sc(C(=O)N(C)C)cc3C2)c1. The fraction of sp³-hybridized carbons (Fsp3) is 0.400. The van der Waals surface area contributed by atoms with Crippen molar-refractivity contribution in [2.45, 2.75) is 33.1 Å². The summed E-state index contributed by atoms with van der Waals surface area (Å²) in [6, 6.07) is 8.06. The molecule has 1 atom stereocenters. The summed E-state index contributed by atoms with van der Waals surface area (Å²) in [6.07, 6.45) is 2.41. The predicted molar refractivity (Wildman–Crippen MR) is 102 cm³/mol. The smallest absolute Gasteiger partial charge is 0.263 e. The number of hydrogen-bond donors (Lipinski definition) is 1. The molecule has 2 amide bonds. The van der Waals surface area contributed by atoms with Crippen LogP contribution in [0.25, 0.3) is 0 Å². The molecule has 4 nitrogen and oxygen atoms in total. The molecule has 25 heavy (non-hydrogen) atoms. The van der Waals surface area contributed by atoms with Crippen LogP contribution in [0.2, 0.25) is 0 Å². The van der Waals surface area contributed by atoms with Gasteiger partial charge in [0.05, 0.1) is 4.88 Å². The van der Waals surface area contributed by atoms with Crippen LogP contribution in [0, 0.1) is 19.8 Å². The fourth-order valence-electron chi connectivity index (χ4n) is 3.36. The van der Waals surface area contributed by atoms with E-state index < -0.39 is 0 Å². The average Bonchev–Trinajstić information content (AvgIpc) is 2.95. The predicted octanol–water partition coefficient (Wildman–Crippen LogP) is 3.81. The topological polar surface area (TPSA) is 49.4 Å². The summed E-state index contributed by atoms with van der Waals surface area (Å²) < 4.78 is 0. The molecular weight excluding hydrogens is 332 g/mol. The van der Waals surface area contributed by atoms with E-state index in [1.807, 2.05) is 32.0 Å². The van der Waals surface area contributed by atoms with E-state index in [4.69, 9.17) is 0 Å². The van der Waals surface area contributed by atoms with E-state index in [1.54, 1.807) is 30.3 Å². The number of nitrogens with one attached hydrogen (secondary N) is 1. The second-order valence-corrected chi connectivity index (χ2v) is 8.20. The van der Waals surface area contributed by atoms with Crippen molar-refractivity contribution in [2.75, 3.05) is 19.4 Å². The molecule has 0 spiro atoms. The van der Waals surface area contributed by atoms with Crippen LogP contribution in [0.3, 0.4) is 0 Å². The first-order valence-electron chi connectivity index (χ1n) is 8.56. The molecule has 1 aliphatic rings. The highest BCUT2D eigenvalue weighted by Gasteiger charge is 2.27. The highest BCUT2D eigenvalue weighted by atomic mass is 32.1. The van der Waals surface area contributed by atoms with Gasteiger partial charge in [-0.3, -0.25) is 9.59 Å². The lowest BCUT2D eigenvalue weighted by Crippen LogP contribution is -2.27. The third-order valence-corrected chi connectivity index (χ3v) is 5.78. The number of anilines is 1. The lowest BCUT2D eigenvalue weighted by molar-refractivity contribution is -0.120. The molecule has 2 aromatic rings.